The number of aromatic hydroxyl groups is 1. The number of furan rings is 1. The van der Waals surface area contributed by atoms with Gasteiger partial charge >= 0.3 is 0 Å². The van der Waals surface area contributed by atoms with Crippen LogP contribution in [0.2, 0.25) is 0 Å². The molecule has 1 aliphatic heterocycles. The number of phenolic OH excluding ortho intramolecular Hbond substituents is 1. The predicted molar refractivity (Wildman–Crippen MR) is 139 cm³/mol. The lowest BCUT2D eigenvalue weighted by atomic mass is 9.98. The van der Waals surface area contributed by atoms with E-state index in [0.717, 1.165) is 40.9 Å². The van der Waals surface area contributed by atoms with Crippen LogP contribution in [-0.2, 0) is 32.6 Å². The number of hydrogen-bond donors (Lipinski definition) is 1. The maximum atomic E-state index is 13.1. The summed E-state index contributed by atoms with van der Waals surface area (Å²) >= 11 is 3.50. The Kier molecular flexibility index (Phi) is 7.02. The maximum Gasteiger partial charge on any atom is 0.254 e. The summed E-state index contributed by atoms with van der Waals surface area (Å²) in [4.78, 5) is 17.3. The van der Waals surface area contributed by atoms with Crippen LogP contribution in [0.4, 0.5) is 0 Å². The van der Waals surface area contributed by atoms with Gasteiger partial charge in [-0.25, -0.2) is 0 Å². The summed E-state index contributed by atoms with van der Waals surface area (Å²) in [7, 11) is 0. The van der Waals surface area contributed by atoms with Crippen LogP contribution in [0.5, 0.6) is 5.75 Å². The first-order valence-corrected chi connectivity index (χ1v) is 12.5. The molecule has 5 nitrogen and oxygen atoms in total. The third-order valence-electron chi connectivity index (χ3n) is 6.38. The van der Waals surface area contributed by atoms with Crippen molar-refractivity contribution in [2.24, 2.45) is 0 Å². The summed E-state index contributed by atoms with van der Waals surface area (Å²) in [5, 5.41) is 9.80. The smallest absolute Gasteiger partial charge is 0.254 e. The topological polar surface area (TPSA) is 56.9 Å². The minimum atomic E-state index is 0.0212. The minimum absolute atomic E-state index is 0.0212. The van der Waals surface area contributed by atoms with Gasteiger partial charge in [-0.15, -0.1) is 0 Å². The molecule has 0 bridgehead atoms. The molecule has 1 aromatic heterocycles. The van der Waals surface area contributed by atoms with Gasteiger partial charge in [-0.05, 0) is 77.2 Å². The number of phenols is 1. The van der Waals surface area contributed by atoms with Gasteiger partial charge in [0.25, 0.3) is 5.91 Å². The molecule has 0 spiro atoms. The van der Waals surface area contributed by atoms with Crippen molar-refractivity contribution in [3.8, 4) is 5.75 Å². The highest BCUT2D eigenvalue weighted by atomic mass is 79.9. The van der Waals surface area contributed by atoms with Crippen molar-refractivity contribution < 1.29 is 14.3 Å². The van der Waals surface area contributed by atoms with Crippen LogP contribution < -0.4 is 0 Å². The van der Waals surface area contributed by atoms with Crippen molar-refractivity contribution in [3.05, 3.63) is 123 Å². The van der Waals surface area contributed by atoms with Gasteiger partial charge in [0, 0.05) is 36.2 Å². The van der Waals surface area contributed by atoms with E-state index in [1.807, 2.05) is 47.4 Å². The van der Waals surface area contributed by atoms with E-state index in [0.29, 0.717) is 25.2 Å². The Balaban J connectivity index is 1.27. The Morgan fingerprint density at radius 2 is 1.63 bits per heavy atom. The zero-order chi connectivity index (χ0) is 24.2. The Bertz CT molecular complexity index is 1280. The van der Waals surface area contributed by atoms with Gasteiger partial charge < -0.3 is 14.4 Å². The van der Waals surface area contributed by atoms with Gasteiger partial charge in [0.15, 0.2) is 0 Å². The van der Waals surface area contributed by atoms with E-state index >= 15 is 0 Å². The van der Waals surface area contributed by atoms with Crippen LogP contribution in [0.3, 0.4) is 0 Å². The zero-order valence-corrected chi connectivity index (χ0v) is 20.9. The summed E-state index contributed by atoms with van der Waals surface area (Å²) in [5.41, 5.74) is 5.26. The number of carbonyl (C=O) groups excluding carboxylic acids is 1. The number of fused-ring (bicyclic) bond motifs is 1. The molecule has 2 heterocycles. The molecular formula is C29H27BrN2O3. The lowest BCUT2D eigenvalue weighted by molar-refractivity contribution is 0.0734. The molecule has 0 saturated heterocycles. The van der Waals surface area contributed by atoms with E-state index in [4.69, 9.17) is 4.42 Å². The number of nitrogens with zero attached hydrogens (tertiary/aromatic N) is 2. The molecule has 0 atom stereocenters. The zero-order valence-electron chi connectivity index (χ0n) is 19.4. The van der Waals surface area contributed by atoms with Gasteiger partial charge in [0.05, 0.1) is 12.8 Å². The van der Waals surface area contributed by atoms with Crippen molar-refractivity contribution in [2.75, 3.05) is 6.54 Å². The molecule has 35 heavy (non-hydrogen) atoms. The lowest BCUT2D eigenvalue weighted by Gasteiger charge is -2.29. The van der Waals surface area contributed by atoms with Crippen LogP contribution >= 0.6 is 15.9 Å². The van der Waals surface area contributed by atoms with Crippen LogP contribution in [-0.4, -0.2) is 27.4 Å². The average Bonchev–Trinajstić information content (AvgIpc) is 3.38. The van der Waals surface area contributed by atoms with Crippen LogP contribution in [0, 0.1) is 0 Å². The molecule has 6 heteroatoms. The number of amides is 1. The van der Waals surface area contributed by atoms with Crippen molar-refractivity contribution in [1.82, 2.24) is 9.80 Å². The molecule has 1 amide bonds. The Hall–Kier alpha value is -3.35. The molecule has 3 aromatic carbocycles. The van der Waals surface area contributed by atoms with Gasteiger partial charge in [-0.2, -0.15) is 0 Å². The molecule has 1 aliphatic rings. The maximum absolute atomic E-state index is 13.1. The van der Waals surface area contributed by atoms with E-state index in [1.54, 1.807) is 18.4 Å². The molecule has 0 unspecified atom stereocenters. The summed E-state index contributed by atoms with van der Waals surface area (Å²) < 4.78 is 6.66. The molecular weight excluding hydrogens is 504 g/mol. The number of benzene rings is 3. The normalized spacial score (nSPS) is 13.1. The average molecular weight is 531 g/mol. The second-order valence-electron chi connectivity index (χ2n) is 8.98. The minimum Gasteiger partial charge on any atom is -0.508 e. The number of hydrogen-bond acceptors (Lipinski definition) is 4. The van der Waals surface area contributed by atoms with Crippen molar-refractivity contribution in [3.63, 3.8) is 0 Å². The second-order valence-corrected chi connectivity index (χ2v) is 9.89. The quantitative estimate of drug-likeness (QED) is 0.311. The number of halogens is 1. The van der Waals surface area contributed by atoms with Gasteiger partial charge in [-0.1, -0.05) is 46.3 Å². The predicted octanol–water partition coefficient (Wildman–Crippen LogP) is 6.15. The Morgan fingerprint density at radius 1 is 0.914 bits per heavy atom. The van der Waals surface area contributed by atoms with E-state index < -0.39 is 0 Å². The van der Waals surface area contributed by atoms with E-state index in [-0.39, 0.29) is 11.7 Å². The summed E-state index contributed by atoms with van der Waals surface area (Å²) in [6.07, 6.45) is 2.51. The molecule has 0 fully saturated rings. The highest BCUT2D eigenvalue weighted by Gasteiger charge is 2.22. The van der Waals surface area contributed by atoms with Crippen LogP contribution in [0.15, 0.2) is 94.0 Å². The number of carbonyl (C=O) groups is 1. The third-order valence-corrected chi connectivity index (χ3v) is 6.90. The lowest BCUT2D eigenvalue weighted by Crippen LogP contribution is -2.35. The van der Waals surface area contributed by atoms with Crippen molar-refractivity contribution in [2.45, 2.75) is 32.6 Å². The third kappa shape index (κ3) is 5.84. The largest absolute Gasteiger partial charge is 0.508 e. The summed E-state index contributed by atoms with van der Waals surface area (Å²) in [5.74, 6) is 1.18. The molecule has 0 radical (unpaired) electrons. The Labute approximate surface area is 213 Å². The van der Waals surface area contributed by atoms with Crippen LogP contribution in [0.1, 0.15) is 38.4 Å². The van der Waals surface area contributed by atoms with E-state index in [2.05, 4.69) is 45.1 Å². The highest BCUT2D eigenvalue weighted by Crippen LogP contribution is 2.24. The summed E-state index contributed by atoms with van der Waals surface area (Å²) in [6.45, 7) is 3.43. The first-order chi connectivity index (χ1) is 17.0. The molecule has 4 aromatic rings. The van der Waals surface area contributed by atoms with Gasteiger partial charge in [0.2, 0.25) is 0 Å². The summed E-state index contributed by atoms with van der Waals surface area (Å²) in [6, 6.07) is 25.6. The highest BCUT2D eigenvalue weighted by molar-refractivity contribution is 9.10. The fourth-order valence-electron chi connectivity index (χ4n) is 4.55. The van der Waals surface area contributed by atoms with Crippen molar-refractivity contribution in [1.29, 1.82) is 0 Å². The first kappa shape index (κ1) is 23.4. The monoisotopic (exact) mass is 530 g/mol. The first-order valence-electron chi connectivity index (χ1n) is 11.7. The SMILES string of the molecule is O=C(c1ccc(CN(Cc2ccc(Br)cc2)Cc2ccco2)cc1)N1CCc2ccc(O)cc2C1. The van der Waals surface area contributed by atoms with Gasteiger partial charge in [-0.3, -0.25) is 9.69 Å². The number of rotatable bonds is 7. The van der Waals surface area contributed by atoms with Gasteiger partial charge in [0.1, 0.15) is 11.5 Å². The molecule has 1 N–H and O–H groups in total. The molecule has 178 valence electrons. The standard InChI is InChI=1S/C29H27BrN2O3/c30-26-10-5-22(6-11-26)18-31(20-28-2-1-15-35-28)17-21-3-7-24(8-4-21)29(34)32-14-13-23-9-12-27(33)16-25(23)19-32/h1-12,15-16,33H,13-14,17-20H2. The Morgan fingerprint density at radius 3 is 2.31 bits per heavy atom. The fraction of sp³-hybridized carbons (Fsp3) is 0.207. The fourth-order valence-corrected chi connectivity index (χ4v) is 4.81. The second kappa shape index (κ2) is 10.5. The van der Waals surface area contributed by atoms with Crippen LogP contribution in [0.25, 0.3) is 0 Å². The molecule has 0 saturated carbocycles. The van der Waals surface area contributed by atoms with E-state index in [1.165, 1.54) is 11.1 Å². The van der Waals surface area contributed by atoms with E-state index in [9.17, 15) is 9.90 Å². The molecule has 0 aliphatic carbocycles. The molecule has 5 rings (SSSR count). The van der Waals surface area contributed by atoms with Crippen molar-refractivity contribution >= 4 is 21.8 Å².